The second kappa shape index (κ2) is 12.2. The van der Waals surface area contributed by atoms with Crippen molar-refractivity contribution in [3.05, 3.63) is 0 Å². The summed E-state index contributed by atoms with van der Waals surface area (Å²) in [6.45, 7) is 2.98. The molecule has 0 aliphatic carbocycles. The van der Waals surface area contributed by atoms with Crippen molar-refractivity contribution in [2.24, 2.45) is 5.73 Å². The molecule has 0 saturated carbocycles. The van der Waals surface area contributed by atoms with Crippen molar-refractivity contribution in [1.29, 1.82) is 0 Å². The number of thiol groups is 1. The van der Waals surface area contributed by atoms with Crippen molar-refractivity contribution in [3.8, 4) is 0 Å². The molecule has 0 aliphatic heterocycles. The van der Waals surface area contributed by atoms with Crippen LogP contribution in [0.4, 0.5) is 0 Å². The zero-order chi connectivity index (χ0) is 12.9. The normalized spacial score (nSPS) is 12.4. The zero-order valence-corrected chi connectivity index (χ0v) is 12.0. The quantitative estimate of drug-likeness (QED) is 0.395. The summed E-state index contributed by atoms with van der Waals surface area (Å²) < 4.78 is 0. The van der Waals surface area contributed by atoms with Gasteiger partial charge in [-0.25, -0.2) is 0 Å². The number of carbonyl (C=O) groups is 1. The molecule has 0 radical (unpaired) electrons. The smallest absolute Gasteiger partial charge is 0.237 e. The average Bonchev–Trinajstić information content (AvgIpc) is 2.35. The average molecular weight is 260 g/mol. The minimum absolute atomic E-state index is 0.0806. The molecule has 3 N–H and O–H groups in total. The third-order valence-electron chi connectivity index (χ3n) is 2.86. The molecule has 102 valence electrons. The first kappa shape index (κ1) is 16.8. The van der Waals surface area contributed by atoms with Crippen LogP contribution in [0.1, 0.15) is 58.3 Å². The summed E-state index contributed by atoms with van der Waals surface area (Å²) in [7, 11) is 0. The van der Waals surface area contributed by atoms with Crippen LogP contribution in [0.3, 0.4) is 0 Å². The lowest BCUT2D eigenvalue weighted by molar-refractivity contribution is -0.121. The number of nitrogens with two attached hydrogens (primary N) is 1. The molecule has 0 aromatic heterocycles. The summed E-state index contributed by atoms with van der Waals surface area (Å²) >= 11 is 3.99. The number of amides is 1. The monoisotopic (exact) mass is 260 g/mol. The maximum absolute atomic E-state index is 11.3. The lowest BCUT2D eigenvalue weighted by Crippen LogP contribution is -2.42. The van der Waals surface area contributed by atoms with E-state index in [1.807, 2.05) is 0 Å². The minimum atomic E-state index is -0.465. The highest BCUT2D eigenvalue weighted by Crippen LogP contribution is 2.07. The summed E-state index contributed by atoms with van der Waals surface area (Å²) in [5.41, 5.74) is 5.54. The van der Waals surface area contributed by atoms with Gasteiger partial charge in [0.25, 0.3) is 0 Å². The Bertz CT molecular complexity index is 188. The van der Waals surface area contributed by atoms with E-state index in [-0.39, 0.29) is 5.91 Å². The van der Waals surface area contributed by atoms with Gasteiger partial charge in [0.2, 0.25) is 5.91 Å². The molecular formula is C13H28N2OS. The summed E-state index contributed by atoms with van der Waals surface area (Å²) in [4.78, 5) is 11.3. The van der Waals surface area contributed by atoms with Crippen LogP contribution in [0.15, 0.2) is 0 Å². The Hall–Kier alpha value is -0.220. The van der Waals surface area contributed by atoms with Gasteiger partial charge in [-0.05, 0) is 6.42 Å². The van der Waals surface area contributed by atoms with Crippen LogP contribution in [-0.2, 0) is 4.79 Å². The number of carbonyl (C=O) groups excluding carboxylic acids is 1. The lowest BCUT2D eigenvalue weighted by atomic mass is 10.1. The third-order valence-corrected chi connectivity index (χ3v) is 3.26. The number of nitrogens with one attached hydrogen (secondary N) is 1. The van der Waals surface area contributed by atoms with E-state index >= 15 is 0 Å². The zero-order valence-electron chi connectivity index (χ0n) is 11.1. The van der Waals surface area contributed by atoms with Crippen LogP contribution in [0.25, 0.3) is 0 Å². The summed E-state index contributed by atoms with van der Waals surface area (Å²) in [6, 6.07) is -0.465. The Morgan fingerprint density at radius 3 is 2.18 bits per heavy atom. The Labute approximate surface area is 111 Å². The summed E-state index contributed by atoms with van der Waals surface area (Å²) in [5.74, 6) is 0.325. The van der Waals surface area contributed by atoms with Crippen LogP contribution in [0.5, 0.6) is 0 Å². The van der Waals surface area contributed by atoms with Crippen LogP contribution in [0.2, 0.25) is 0 Å². The van der Waals surface area contributed by atoms with Crippen LogP contribution in [0, 0.1) is 0 Å². The molecule has 0 fully saturated rings. The molecule has 0 aliphatic rings. The molecule has 0 bridgehead atoms. The molecule has 1 amide bonds. The molecule has 0 aromatic rings. The van der Waals surface area contributed by atoms with Crippen molar-refractivity contribution >= 4 is 18.5 Å². The molecule has 0 saturated heterocycles. The largest absolute Gasteiger partial charge is 0.355 e. The second-order valence-corrected chi connectivity index (χ2v) is 4.92. The highest BCUT2D eigenvalue weighted by Gasteiger charge is 2.09. The van der Waals surface area contributed by atoms with E-state index in [1.165, 1.54) is 44.9 Å². The van der Waals surface area contributed by atoms with Gasteiger partial charge < -0.3 is 11.1 Å². The van der Waals surface area contributed by atoms with Crippen molar-refractivity contribution in [1.82, 2.24) is 5.32 Å². The molecule has 0 heterocycles. The van der Waals surface area contributed by atoms with E-state index in [2.05, 4.69) is 24.9 Å². The third kappa shape index (κ3) is 10.6. The van der Waals surface area contributed by atoms with Gasteiger partial charge >= 0.3 is 0 Å². The first-order valence-corrected chi connectivity index (χ1v) is 7.49. The minimum Gasteiger partial charge on any atom is -0.355 e. The Morgan fingerprint density at radius 2 is 1.65 bits per heavy atom. The van der Waals surface area contributed by atoms with Crippen LogP contribution >= 0.6 is 12.6 Å². The van der Waals surface area contributed by atoms with Crippen molar-refractivity contribution < 1.29 is 4.79 Å². The molecule has 0 rings (SSSR count). The van der Waals surface area contributed by atoms with E-state index in [1.54, 1.807) is 0 Å². The first-order chi connectivity index (χ1) is 8.22. The molecular weight excluding hydrogens is 232 g/mol. The Morgan fingerprint density at radius 1 is 1.12 bits per heavy atom. The SMILES string of the molecule is CCCCCCCCCCNC(=O)[C@@H](N)CS. The predicted molar refractivity (Wildman–Crippen MR) is 77.4 cm³/mol. The van der Waals surface area contributed by atoms with E-state index in [0.717, 1.165) is 13.0 Å². The van der Waals surface area contributed by atoms with E-state index in [9.17, 15) is 4.79 Å². The maximum Gasteiger partial charge on any atom is 0.237 e. The van der Waals surface area contributed by atoms with Crippen molar-refractivity contribution in [2.45, 2.75) is 64.3 Å². The van der Waals surface area contributed by atoms with Gasteiger partial charge in [-0.2, -0.15) is 12.6 Å². The van der Waals surface area contributed by atoms with Crippen molar-refractivity contribution in [2.75, 3.05) is 12.3 Å². The van der Waals surface area contributed by atoms with Gasteiger partial charge in [0, 0.05) is 12.3 Å². The molecule has 17 heavy (non-hydrogen) atoms. The van der Waals surface area contributed by atoms with Gasteiger partial charge in [-0.1, -0.05) is 51.9 Å². The van der Waals surface area contributed by atoms with E-state index in [0.29, 0.717) is 5.75 Å². The fourth-order valence-electron chi connectivity index (χ4n) is 1.68. The lowest BCUT2D eigenvalue weighted by Gasteiger charge is -2.09. The number of rotatable bonds is 11. The van der Waals surface area contributed by atoms with E-state index < -0.39 is 6.04 Å². The van der Waals surface area contributed by atoms with Crippen LogP contribution < -0.4 is 11.1 Å². The van der Waals surface area contributed by atoms with Gasteiger partial charge in [-0.3, -0.25) is 4.79 Å². The van der Waals surface area contributed by atoms with Gasteiger partial charge in [-0.15, -0.1) is 0 Å². The molecule has 4 heteroatoms. The van der Waals surface area contributed by atoms with Gasteiger partial charge in [0.1, 0.15) is 0 Å². The van der Waals surface area contributed by atoms with E-state index in [4.69, 9.17) is 5.73 Å². The fourth-order valence-corrected chi connectivity index (χ4v) is 1.85. The van der Waals surface area contributed by atoms with Gasteiger partial charge in [0.15, 0.2) is 0 Å². The molecule has 0 aromatic carbocycles. The first-order valence-electron chi connectivity index (χ1n) is 6.86. The molecule has 3 nitrogen and oxygen atoms in total. The second-order valence-electron chi connectivity index (χ2n) is 4.55. The Balaban J connectivity index is 3.16. The Kier molecular flexibility index (Phi) is 12.1. The number of hydrogen-bond donors (Lipinski definition) is 3. The molecule has 0 unspecified atom stereocenters. The van der Waals surface area contributed by atoms with Crippen molar-refractivity contribution in [3.63, 3.8) is 0 Å². The standard InChI is InChI=1S/C13H28N2OS/c1-2-3-4-5-6-7-8-9-10-15-13(16)12(14)11-17/h12,17H,2-11,14H2,1H3,(H,15,16)/t12-/m0/s1. The fraction of sp³-hybridized carbons (Fsp3) is 0.923. The highest BCUT2D eigenvalue weighted by atomic mass is 32.1. The highest BCUT2D eigenvalue weighted by molar-refractivity contribution is 7.80. The maximum atomic E-state index is 11.3. The summed E-state index contributed by atoms with van der Waals surface area (Å²) in [5, 5.41) is 2.83. The van der Waals surface area contributed by atoms with Crippen LogP contribution in [-0.4, -0.2) is 24.2 Å². The topological polar surface area (TPSA) is 55.1 Å². The predicted octanol–water partition coefficient (Wildman–Crippen LogP) is 2.50. The van der Waals surface area contributed by atoms with Gasteiger partial charge in [0.05, 0.1) is 6.04 Å². The summed E-state index contributed by atoms with van der Waals surface area (Å²) in [6.07, 6.45) is 10.2. The molecule has 1 atom stereocenters. The number of unbranched alkanes of at least 4 members (excludes halogenated alkanes) is 7. The number of hydrogen-bond acceptors (Lipinski definition) is 3. The molecule has 0 spiro atoms.